The first-order chi connectivity index (χ1) is 17.0. The molecular formula is C26H27F6N3O. The molecule has 5 rings (SSSR count). The van der Waals surface area contributed by atoms with Gasteiger partial charge in [0.05, 0.1) is 17.0 Å². The molecule has 3 heterocycles. The van der Waals surface area contributed by atoms with E-state index in [-0.39, 0.29) is 18.4 Å². The van der Waals surface area contributed by atoms with Gasteiger partial charge < -0.3 is 14.7 Å². The molecule has 194 valence electrons. The molecule has 10 heteroatoms. The van der Waals surface area contributed by atoms with E-state index in [4.69, 9.17) is 0 Å². The number of rotatable bonds is 2. The third-order valence-electron chi connectivity index (χ3n) is 7.62. The average Bonchev–Trinajstić information content (AvgIpc) is 2.86. The molecule has 2 atom stereocenters. The second-order valence-corrected chi connectivity index (χ2v) is 9.77. The van der Waals surface area contributed by atoms with Crippen molar-refractivity contribution in [1.82, 2.24) is 4.90 Å². The molecule has 0 saturated carbocycles. The molecule has 3 aliphatic heterocycles. The van der Waals surface area contributed by atoms with Crippen LogP contribution in [0, 0.1) is 5.92 Å². The molecule has 3 aliphatic rings. The van der Waals surface area contributed by atoms with Gasteiger partial charge in [-0.05, 0) is 67.6 Å². The number of hydrogen-bond donors (Lipinski definition) is 0. The molecule has 0 aromatic heterocycles. The number of anilines is 2. The van der Waals surface area contributed by atoms with Gasteiger partial charge in [-0.25, -0.2) is 0 Å². The zero-order valence-electron chi connectivity index (χ0n) is 19.6. The molecule has 2 fully saturated rings. The van der Waals surface area contributed by atoms with Gasteiger partial charge in [0.25, 0.3) is 0 Å². The number of carbonyl (C=O) groups is 1. The predicted octanol–water partition coefficient (Wildman–Crippen LogP) is 5.60. The molecule has 1 amide bonds. The van der Waals surface area contributed by atoms with Gasteiger partial charge in [0.1, 0.15) is 0 Å². The van der Waals surface area contributed by atoms with Crippen LogP contribution < -0.4 is 9.80 Å². The summed E-state index contributed by atoms with van der Waals surface area (Å²) >= 11 is 0. The van der Waals surface area contributed by atoms with Crippen molar-refractivity contribution in [3.8, 4) is 0 Å². The van der Waals surface area contributed by atoms with E-state index in [2.05, 4.69) is 4.90 Å². The second-order valence-electron chi connectivity index (χ2n) is 9.77. The van der Waals surface area contributed by atoms with Crippen molar-refractivity contribution in [1.29, 1.82) is 0 Å². The molecule has 2 aromatic carbocycles. The quantitative estimate of drug-likeness (QED) is 0.491. The van der Waals surface area contributed by atoms with Crippen LogP contribution in [0.4, 0.5) is 37.7 Å². The highest BCUT2D eigenvalue weighted by Crippen LogP contribution is 2.42. The van der Waals surface area contributed by atoms with Crippen LogP contribution in [0.2, 0.25) is 0 Å². The Morgan fingerprint density at radius 1 is 0.806 bits per heavy atom. The fourth-order valence-electron chi connectivity index (χ4n) is 5.80. The van der Waals surface area contributed by atoms with Gasteiger partial charge in [0.2, 0.25) is 5.91 Å². The van der Waals surface area contributed by atoms with Gasteiger partial charge in [-0.15, -0.1) is 0 Å². The monoisotopic (exact) mass is 511 g/mol. The highest BCUT2D eigenvalue weighted by atomic mass is 19.4. The van der Waals surface area contributed by atoms with Gasteiger partial charge in [-0.3, -0.25) is 4.79 Å². The van der Waals surface area contributed by atoms with Crippen molar-refractivity contribution < 1.29 is 31.1 Å². The van der Waals surface area contributed by atoms with E-state index < -0.39 is 29.4 Å². The van der Waals surface area contributed by atoms with Crippen molar-refractivity contribution in [3.05, 3.63) is 59.2 Å². The number of piperidine rings is 1. The Hall–Kier alpha value is -2.91. The molecule has 0 N–H and O–H groups in total. The summed E-state index contributed by atoms with van der Waals surface area (Å²) in [6.45, 7) is 2.20. The number of halogens is 6. The summed E-state index contributed by atoms with van der Waals surface area (Å²) in [6, 6.07) is 8.91. The number of nitrogens with zero attached hydrogens (tertiary/aromatic N) is 3. The molecular weight excluding hydrogens is 484 g/mol. The number of alkyl halides is 6. The lowest BCUT2D eigenvalue weighted by Crippen LogP contribution is -2.57. The number of carbonyl (C=O) groups excluding carboxylic acids is 1. The topological polar surface area (TPSA) is 26.8 Å². The van der Waals surface area contributed by atoms with Gasteiger partial charge in [-0.2, -0.15) is 26.3 Å². The maximum Gasteiger partial charge on any atom is 0.416 e. The SMILES string of the molecule is O=C(C1Cc2cc(C(F)(F)F)ccc2N2CCCCC12)N1CCN(c2cccc(C(F)(F)F)c2)CC1. The van der Waals surface area contributed by atoms with Crippen molar-refractivity contribution >= 4 is 17.3 Å². The summed E-state index contributed by atoms with van der Waals surface area (Å²) in [5, 5.41) is 0. The van der Waals surface area contributed by atoms with Crippen LogP contribution in [0.15, 0.2) is 42.5 Å². The van der Waals surface area contributed by atoms with E-state index >= 15 is 0 Å². The Bertz CT molecular complexity index is 1120. The van der Waals surface area contributed by atoms with Crippen LogP contribution >= 0.6 is 0 Å². The predicted molar refractivity (Wildman–Crippen MR) is 124 cm³/mol. The summed E-state index contributed by atoms with van der Waals surface area (Å²) in [4.78, 5) is 19.3. The van der Waals surface area contributed by atoms with E-state index in [1.54, 1.807) is 11.0 Å². The summed E-state index contributed by atoms with van der Waals surface area (Å²) in [5.74, 6) is -0.528. The first-order valence-corrected chi connectivity index (χ1v) is 12.2. The highest BCUT2D eigenvalue weighted by Gasteiger charge is 2.43. The van der Waals surface area contributed by atoms with Crippen LogP contribution in [0.3, 0.4) is 0 Å². The van der Waals surface area contributed by atoms with Gasteiger partial charge in [-0.1, -0.05) is 6.07 Å². The van der Waals surface area contributed by atoms with Gasteiger partial charge in [0.15, 0.2) is 0 Å². The largest absolute Gasteiger partial charge is 0.416 e. The maximum atomic E-state index is 13.6. The third-order valence-corrected chi connectivity index (χ3v) is 7.62. The molecule has 2 unspecified atom stereocenters. The van der Waals surface area contributed by atoms with E-state index in [1.165, 1.54) is 18.2 Å². The molecule has 0 bridgehead atoms. The molecule has 4 nitrogen and oxygen atoms in total. The number of amides is 1. The zero-order valence-corrected chi connectivity index (χ0v) is 19.6. The molecule has 0 radical (unpaired) electrons. The Kier molecular flexibility index (Phi) is 6.32. The van der Waals surface area contributed by atoms with Crippen molar-refractivity contribution in [2.45, 2.75) is 44.1 Å². The Morgan fingerprint density at radius 3 is 2.19 bits per heavy atom. The van der Waals surface area contributed by atoms with E-state index in [9.17, 15) is 31.1 Å². The molecule has 0 aliphatic carbocycles. The summed E-state index contributed by atoms with van der Waals surface area (Å²) in [6.07, 6.45) is -5.93. The molecule has 2 aromatic rings. The Balaban J connectivity index is 1.32. The van der Waals surface area contributed by atoms with Gasteiger partial charge >= 0.3 is 12.4 Å². The van der Waals surface area contributed by atoms with Crippen molar-refractivity contribution in [2.75, 3.05) is 42.5 Å². The smallest absolute Gasteiger partial charge is 0.368 e. The fourth-order valence-corrected chi connectivity index (χ4v) is 5.80. The molecule has 2 saturated heterocycles. The molecule has 36 heavy (non-hydrogen) atoms. The third kappa shape index (κ3) is 4.74. The first kappa shape index (κ1) is 24.8. The highest BCUT2D eigenvalue weighted by molar-refractivity contribution is 5.82. The zero-order chi connectivity index (χ0) is 25.7. The minimum atomic E-state index is -4.45. The van der Waals surface area contributed by atoms with Gasteiger partial charge in [0, 0.05) is 50.1 Å². The summed E-state index contributed by atoms with van der Waals surface area (Å²) in [5.41, 5.74) is 0.365. The Labute approximate surface area is 205 Å². The number of fused-ring (bicyclic) bond motifs is 3. The lowest BCUT2D eigenvalue weighted by atomic mass is 9.79. The van der Waals surface area contributed by atoms with Crippen LogP contribution in [-0.4, -0.2) is 49.6 Å². The summed E-state index contributed by atoms with van der Waals surface area (Å²) in [7, 11) is 0. The number of hydrogen-bond acceptors (Lipinski definition) is 3. The van der Waals surface area contributed by atoms with Crippen molar-refractivity contribution in [3.63, 3.8) is 0 Å². The van der Waals surface area contributed by atoms with Crippen LogP contribution in [0.25, 0.3) is 0 Å². The van der Waals surface area contributed by atoms with Crippen molar-refractivity contribution in [2.24, 2.45) is 5.92 Å². The Morgan fingerprint density at radius 2 is 1.50 bits per heavy atom. The van der Waals surface area contributed by atoms with Crippen LogP contribution in [0.5, 0.6) is 0 Å². The second kappa shape index (κ2) is 9.19. The lowest BCUT2D eigenvalue weighted by Gasteiger charge is -2.48. The van der Waals surface area contributed by atoms with E-state index in [1.807, 2.05) is 4.90 Å². The van der Waals surface area contributed by atoms with E-state index in [0.717, 1.165) is 43.1 Å². The van der Waals surface area contributed by atoms with Crippen LogP contribution in [-0.2, 0) is 23.6 Å². The maximum absolute atomic E-state index is 13.6. The minimum absolute atomic E-state index is 0.0583. The standard InChI is InChI=1S/C26H27F6N3O/c27-25(28,29)18-4-3-5-20(16-18)33-10-12-34(13-11-33)24(36)21-15-17-14-19(26(30,31)32)7-8-22(17)35-9-2-1-6-23(21)35/h3-5,7-8,14,16,21,23H,1-2,6,9-13,15H2. The first-order valence-electron chi connectivity index (χ1n) is 12.2. The minimum Gasteiger partial charge on any atom is -0.368 e. The summed E-state index contributed by atoms with van der Waals surface area (Å²) < 4.78 is 79.4. The lowest BCUT2D eigenvalue weighted by molar-refractivity contribution is -0.138. The number of benzene rings is 2. The number of piperazine rings is 1. The molecule has 0 spiro atoms. The fraction of sp³-hybridized carbons (Fsp3) is 0.500. The average molecular weight is 512 g/mol. The van der Waals surface area contributed by atoms with Crippen LogP contribution in [0.1, 0.15) is 36.0 Å². The normalized spacial score (nSPS) is 22.8. The van der Waals surface area contributed by atoms with E-state index in [0.29, 0.717) is 44.0 Å².